The molecule has 1 N–H and O–H groups in total. The molecule has 0 aromatic heterocycles. The number of ether oxygens (including phenoxy) is 2. The van der Waals surface area contributed by atoms with Crippen molar-refractivity contribution in [3.63, 3.8) is 0 Å². The van der Waals surface area contributed by atoms with Crippen molar-refractivity contribution >= 4 is 27.5 Å². The van der Waals surface area contributed by atoms with E-state index in [9.17, 15) is 18.0 Å². The Labute approximate surface area is 271 Å². The highest BCUT2D eigenvalue weighted by molar-refractivity contribution is 7.92. The fourth-order valence-corrected chi connectivity index (χ4v) is 6.10. The smallest absolute Gasteiger partial charge is 0.264 e. The molecule has 2 amide bonds. The van der Waals surface area contributed by atoms with Gasteiger partial charge in [0.15, 0.2) is 0 Å². The highest BCUT2D eigenvalue weighted by Gasteiger charge is 2.33. The van der Waals surface area contributed by atoms with Crippen LogP contribution in [0, 0.1) is 6.92 Å². The van der Waals surface area contributed by atoms with E-state index in [2.05, 4.69) is 5.32 Å². The van der Waals surface area contributed by atoms with Crippen LogP contribution in [0.1, 0.15) is 38.3 Å². The van der Waals surface area contributed by atoms with Crippen LogP contribution in [-0.2, 0) is 26.2 Å². The van der Waals surface area contributed by atoms with Crippen LogP contribution in [0.25, 0.3) is 0 Å². The zero-order chi connectivity index (χ0) is 33.3. The van der Waals surface area contributed by atoms with Gasteiger partial charge in [0.25, 0.3) is 10.0 Å². The van der Waals surface area contributed by atoms with Gasteiger partial charge >= 0.3 is 0 Å². The van der Waals surface area contributed by atoms with Gasteiger partial charge in [0.05, 0.1) is 17.7 Å². The van der Waals surface area contributed by atoms with Crippen LogP contribution >= 0.6 is 0 Å². The molecule has 0 heterocycles. The summed E-state index contributed by atoms with van der Waals surface area (Å²) in [5.74, 6) is 0.857. The summed E-state index contributed by atoms with van der Waals surface area (Å²) in [6.07, 6.45) is 0.717. The molecule has 10 heteroatoms. The number of hydrogen-bond donors (Lipinski definition) is 1. The first-order chi connectivity index (χ1) is 22.0. The molecule has 0 saturated heterocycles. The number of carbonyl (C=O) groups is 2. The third kappa shape index (κ3) is 8.66. The molecule has 0 spiro atoms. The van der Waals surface area contributed by atoms with Crippen LogP contribution in [0.2, 0.25) is 0 Å². The van der Waals surface area contributed by atoms with Crippen LogP contribution in [-0.4, -0.2) is 50.9 Å². The van der Waals surface area contributed by atoms with Crippen LogP contribution in [0.15, 0.2) is 108 Å². The summed E-state index contributed by atoms with van der Waals surface area (Å²) in [6.45, 7) is 6.88. The van der Waals surface area contributed by atoms with Gasteiger partial charge in [-0.15, -0.1) is 0 Å². The highest BCUT2D eigenvalue weighted by Crippen LogP contribution is 2.29. The molecular weight excluding hydrogens is 602 g/mol. The van der Waals surface area contributed by atoms with Crippen LogP contribution in [0.3, 0.4) is 0 Å². The summed E-state index contributed by atoms with van der Waals surface area (Å²) >= 11 is 0. The first-order valence-corrected chi connectivity index (χ1v) is 16.6. The minimum absolute atomic E-state index is 0.0393. The van der Waals surface area contributed by atoms with E-state index < -0.39 is 28.5 Å². The molecule has 0 aliphatic heterocycles. The molecule has 0 saturated carbocycles. The molecule has 4 aromatic rings. The van der Waals surface area contributed by atoms with Crippen molar-refractivity contribution in [3.8, 4) is 17.2 Å². The van der Waals surface area contributed by atoms with E-state index >= 15 is 0 Å². The van der Waals surface area contributed by atoms with Crippen LogP contribution in [0.4, 0.5) is 5.69 Å². The molecule has 0 radical (unpaired) electrons. The Morgan fingerprint density at radius 2 is 1.46 bits per heavy atom. The number of methoxy groups -OCH3 is 1. The lowest BCUT2D eigenvalue weighted by Gasteiger charge is -2.32. The Morgan fingerprint density at radius 1 is 0.826 bits per heavy atom. The Morgan fingerprint density at radius 3 is 2.09 bits per heavy atom. The van der Waals surface area contributed by atoms with Crippen LogP contribution in [0.5, 0.6) is 17.2 Å². The molecule has 0 aliphatic carbocycles. The maximum atomic E-state index is 14.2. The van der Waals surface area contributed by atoms with Gasteiger partial charge in [-0.25, -0.2) is 8.42 Å². The number of anilines is 1. The lowest BCUT2D eigenvalue weighted by atomic mass is 10.1. The van der Waals surface area contributed by atoms with E-state index in [4.69, 9.17) is 9.47 Å². The van der Waals surface area contributed by atoms with Gasteiger partial charge in [0.1, 0.15) is 29.8 Å². The Balaban J connectivity index is 1.71. The van der Waals surface area contributed by atoms with Gasteiger partial charge in [0.2, 0.25) is 11.8 Å². The van der Waals surface area contributed by atoms with Gasteiger partial charge in [-0.1, -0.05) is 55.0 Å². The van der Waals surface area contributed by atoms with Crippen LogP contribution < -0.4 is 19.1 Å². The number of benzene rings is 4. The first-order valence-electron chi connectivity index (χ1n) is 15.2. The maximum Gasteiger partial charge on any atom is 0.264 e. The number of carbonyl (C=O) groups excluding carboxylic acids is 2. The van der Waals surface area contributed by atoms with E-state index in [0.29, 0.717) is 17.2 Å². The number of para-hydroxylation sites is 1. The third-order valence-electron chi connectivity index (χ3n) is 7.65. The Kier molecular flexibility index (Phi) is 11.4. The van der Waals surface area contributed by atoms with Gasteiger partial charge < -0.3 is 19.7 Å². The molecule has 0 aliphatic rings. The fourth-order valence-electron chi connectivity index (χ4n) is 4.69. The number of nitrogens with zero attached hydrogens (tertiary/aromatic N) is 2. The van der Waals surface area contributed by atoms with Crippen molar-refractivity contribution < 1.29 is 27.5 Å². The Hall–Kier alpha value is -4.83. The molecule has 242 valence electrons. The van der Waals surface area contributed by atoms with E-state index in [1.54, 1.807) is 68.6 Å². The SMILES string of the molecule is CC[C@H](C)NC(=O)[C@H](C)N(Cc1cccc(OC)c1)C(=O)CN(c1ccc(Oc2ccccc2)cc1)S(=O)(=O)c1ccc(C)cc1. The van der Waals surface area contributed by atoms with Gasteiger partial charge in [-0.05, 0) is 93.4 Å². The van der Waals surface area contributed by atoms with E-state index in [1.807, 2.05) is 57.2 Å². The average Bonchev–Trinajstić information content (AvgIpc) is 3.06. The summed E-state index contributed by atoms with van der Waals surface area (Å²) < 4.78 is 40.6. The molecule has 4 rings (SSSR count). The second kappa shape index (κ2) is 15.4. The molecule has 9 nitrogen and oxygen atoms in total. The standard InChI is InChI=1S/C36H41N3O6S/c1-6-27(3)37-36(41)28(4)38(24-29-11-10-14-33(23-29)44-5)35(40)25-39(46(42,43)34-21-15-26(2)16-22-34)30-17-19-32(20-18-30)45-31-12-8-7-9-13-31/h7-23,27-28H,6,24-25H2,1-5H3,(H,37,41)/t27-,28-/m0/s1. The van der Waals surface area contributed by atoms with E-state index in [-0.39, 0.29) is 29.1 Å². The molecule has 0 bridgehead atoms. The second-order valence-electron chi connectivity index (χ2n) is 11.1. The summed E-state index contributed by atoms with van der Waals surface area (Å²) in [4.78, 5) is 28.9. The molecule has 46 heavy (non-hydrogen) atoms. The van der Waals surface area contributed by atoms with E-state index in [0.717, 1.165) is 21.9 Å². The van der Waals surface area contributed by atoms with E-state index in [1.165, 1.54) is 17.0 Å². The minimum atomic E-state index is -4.20. The predicted octanol–water partition coefficient (Wildman–Crippen LogP) is 6.32. The highest BCUT2D eigenvalue weighted by atomic mass is 32.2. The number of amides is 2. The quantitative estimate of drug-likeness (QED) is 0.172. The summed E-state index contributed by atoms with van der Waals surface area (Å²) in [5, 5.41) is 2.94. The van der Waals surface area contributed by atoms with Gasteiger partial charge in [-0.2, -0.15) is 0 Å². The molecule has 2 atom stereocenters. The third-order valence-corrected chi connectivity index (χ3v) is 9.43. The average molecular weight is 644 g/mol. The normalized spacial score (nSPS) is 12.5. The zero-order valence-electron chi connectivity index (χ0n) is 26.8. The summed E-state index contributed by atoms with van der Waals surface area (Å²) in [7, 11) is -2.65. The number of sulfonamides is 1. The monoisotopic (exact) mass is 643 g/mol. The number of rotatable bonds is 14. The number of hydrogen-bond acceptors (Lipinski definition) is 6. The molecule has 0 fully saturated rings. The molecular formula is C36H41N3O6S. The van der Waals surface area contributed by atoms with Gasteiger partial charge in [-0.3, -0.25) is 13.9 Å². The topological polar surface area (TPSA) is 105 Å². The number of nitrogens with one attached hydrogen (secondary N) is 1. The number of aryl methyl sites for hydroxylation is 1. The largest absolute Gasteiger partial charge is 0.497 e. The second-order valence-corrected chi connectivity index (χ2v) is 13.0. The molecule has 4 aromatic carbocycles. The van der Waals surface area contributed by atoms with Gasteiger partial charge in [0, 0.05) is 12.6 Å². The van der Waals surface area contributed by atoms with Crippen molar-refractivity contribution in [1.29, 1.82) is 0 Å². The fraction of sp³-hybridized carbons (Fsp3) is 0.278. The molecule has 0 unspecified atom stereocenters. The summed E-state index contributed by atoms with van der Waals surface area (Å²) in [5.41, 5.74) is 1.90. The zero-order valence-corrected chi connectivity index (χ0v) is 27.7. The van der Waals surface area contributed by atoms with Crippen molar-refractivity contribution in [1.82, 2.24) is 10.2 Å². The Bertz CT molecular complexity index is 1710. The van der Waals surface area contributed by atoms with Crippen molar-refractivity contribution in [2.45, 2.75) is 57.6 Å². The maximum absolute atomic E-state index is 14.2. The first kappa shape index (κ1) is 34.1. The predicted molar refractivity (Wildman–Crippen MR) is 180 cm³/mol. The minimum Gasteiger partial charge on any atom is -0.497 e. The van der Waals surface area contributed by atoms with Crippen molar-refractivity contribution in [3.05, 3.63) is 114 Å². The lowest BCUT2D eigenvalue weighted by Crippen LogP contribution is -2.52. The van der Waals surface area contributed by atoms with Crippen molar-refractivity contribution in [2.24, 2.45) is 0 Å². The summed E-state index contributed by atoms with van der Waals surface area (Å²) in [6, 6.07) is 28.4. The van der Waals surface area contributed by atoms with Crippen molar-refractivity contribution in [2.75, 3.05) is 18.0 Å². The lowest BCUT2D eigenvalue weighted by molar-refractivity contribution is -0.139.